The Morgan fingerprint density at radius 1 is 1.35 bits per heavy atom. The molecule has 1 N–H and O–H groups in total. The van der Waals surface area contributed by atoms with Crippen molar-refractivity contribution in [1.29, 1.82) is 0 Å². The molecule has 0 aliphatic rings. The second-order valence-electron chi connectivity index (χ2n) is 4.40. The average molecular weight is 253 g/mol. The first-order chi connectivity index (χ1) is 8.11. The normalized spacial score (nSPS) is 14.4. The molecule has 0 saturated carbocycles. The molecule has 1 aromatic rings. The number of anilines is 1. The van der Waals surface area contributed by atoms with E-state index < -0.39 is 0 Å². The third-order valence-electron chi connectivity index (χ3n) is 3.13. The highest BCUT2D eigenvalue weighted by Gasteiger charge is 2.16. The lowest BCUT2D eigenvalue weighted by molar-refractivity contribution is 0.174. The van der Waals surface area contributed by atoms with Crippen molar-refractivity contribution in [3.05, 3.63) is 29.8 Å². The standard InChI is InChI=1S/C14H23NOS/c1-5-14(16)12-8-6-7-9-13(12)15(3)11(2)10-17-4/h6-9,11,14,16H,5,10H2,1-4H3/t11?,14-/m1/s1. The van der Waals surface area contributed by atoms with Crippen molar-refractivity contribution in [1.82, 2.24) is 0 Å². The summed E-state index contributed by atoms with van der Waals surface area (Å²) in [7, 11) is 2.10. The number of hydrogen-bond donors (Lipinski definition) is 1. The lowest BCUT2D eigenvalue weighted by Gasteiger charge is -2.29. The van der Waals surface area contributed by atoms with E-state index in [2.05, 4.69) is 31.2 Å². The average Bonchev–Trinajstić information content (AvgIpc) is 2.37. The first-order valence-electron chi connectivity index (χ1n) is 6.10. The van der Waals surface area contributed by atoms with E-state index in [1.807, 2.05) is 36.9 Å². The molecule has 0 aliphatic heterocycles. The summed E-state index contributed by atoms with van der Waals surface area (Å²) in [6.45, 7) is 4.22. The van der Waals surface area contributed by atoms with E-state index in [4.69, 9.17) is 0 Å². The highest BCUT2D eigenvalue weighted by Crippen LogP contribution is 2.28. The largest absolute Gasteiger partial charge is 0.388 e. The van der Waals surface area contributed by atoms with Gasteiger partial charge in [0.25, 0.3) is 0 Å². The van der Waals surface area contributed by atoms with Crippen molar-refractivity contribution in [3.63, 3.8) is 0 Å². The Hall–Kier alpha value is -0.670. The van der Waals surface area contributed by atoms with Crippen LogP contribution in [0.25, 0.3) is 0 Å². The van der Waals surface area contributed by atoms with Crippen molar-refractivity contribution < 1.29 is 5.11 Å². The number of aliphatic hydroxyl groups is 1. The Labute approximate surface area is 109 Å². The molecule has 0 fully saturated rings. The minimum atomic E-state index is -0.366. The van der Waals surface area contributed by atoms with Crippen LogP contribution in [0.5, 0.6) is 0 Å². The van der Waals surface area contributed by atoms with Crippen molar-refractivity contribution >= 4 is 17.4 Å². The second kappa shape index (κ2) is 6.92. The van der Waals surface area contributed by atoms with Crippen LogP contribution in [0.3, 0.4) is 0 Å². The molecule has 0 spiro atoms. The summed E-state index contributed by atoms with van der Waals surface area (Å²) in [5.41, 5.74) is 2.17. The van der Waals surface area contributed by atoms with Crippen LogP contribution in [0, 0.1) is 0 Å². The molecule has 0 amide bonds. The van der Waals surface area contributed by atoms with Gasteiger partial charge < -0.3 is 10.0 Å². The third kappa shape index (κ3) is 3.65. The van der Waals surface area contributed by atoms with Gasteiger partial charge in [-0.2, -0.15) is 11.8 Å². The number of nitrogens with zero attached hydrogens (tertiary/aromatic N) is 1. The summed E-state index contributed by atoms with van der Waals surface area (Å²) < 4.78 is 0. The fourth-order valence-corrected chi connectivity index (χ4v) is 2.61. The predicted molar refractivity (Wildman–Crippen MR) is 77.9 cm³/mol. The minimum absolute atomic E-state index is 0.366. The summed E-state index contributed by atoms with van der Waals surface area (Å²) >= 11 is 1.85. The van der Waals surface area contributed by atoms with E-state index in [0.29, 0.717) is 6.04 Å². The Bertz CT molecular complexity index is 343. The summed E-state index contributed by atoms with van der Waals surface area (Å²) in [6, 6.07) is 8.60. The van der Waals surface area contributed by atoms with E-state index in [1.165, 1.54) is 0 Å². The van der Waals surface area contributed by atoms with Gasteiger partial charge in [-0.1, -0.05) is 25.1 Å². The lowest BCUT2D eigenvalue weighted by atomic mass is 10.0. The first-order valence-corrected chi connectivity index (χ1v) is 7.49. The van der Waals surface area contributed by atoms with E-state index >= 15 is 0 Å². The molecule has 0 radical (unpaired) electrons. The molecule has 0 aliphatic carbocycles. The smallest absolute Gasteiger partial charge is 0.0807 e. The summed E-state index contributed by atoms with van der Waals surface area (Å²) in [6.07, 6.45) is 2.51. The molecule has 1 aromatic carbocycles. The van der Waals surface area contributed by atoms with Gasteiger partial charge in [-0.3, -0.25) is 0 Å². The number of thioether (sulfide) groups is 1. The summed E-state index contributed by atoms with van der Waals surface area (Å²) in [5.74, 6) is 1.09. The van der Waals surface area contributed by atoms with Gasteiger partial charge >= 0.3 is 0 Å². The van der Waals surface area contributed by atoms with Gasteiger partial charge in [0.1, 0.15) is 0 Å². The molecule has 1 rings (SSSR count). The summed E-state index contributed by atoms with van der Waals surface area (Å²) in [5, 5.41) is 10.0. The van der Waals surface area contributed by atoms with Crippen LogP contribution >= 0.6 is 11.8 Å². The lowest BCUT2D eigenvalue weighted by Crippen LogP contribution is -2.31. The molecule has 1 unspecified atom stereocenters. The zero-order valence-electron chi connectivity index (χ0n) is 11.2. The Kier molecular flexibility index (Phi) is 5.86. The van der Waals surface area contributed by atoms with Crippen LogP contribution in [0.2, 0.25) is 0 Å². The van der Waals surface area contributed by atoms with Gasteiger partial charge in [-0.05, 0) is 25.7 Å². The van der Waals surface area contributed by atoms with Crippen molar-refractivity contribution in [2.45, 2.75) is 32.4 Å². The van der Waals surface area contributed by atoms with Gasteiger partial charge in [-0.15, -0.1) is 0 Å². The van der Waals surface area contributed by atoms with Gasteiger partial charge in [0, 0.05) is 30.1 Å². The van der Waals surface area contributed by atoms with Crippen LogP contribution in [0.1, 0.15) is 31.9 Å². The molecule has 2 nitrogen and oxygen atoms in total. The SMILES string of the molecule is CC[C@@H](O)c1ccccc1N(C)C(C)CSC. The van der Waals surface area contributed by atoms with E-state index in [9.17, 15) is 5.11 Å². The highest BCUT2D eigenvalue weighted by molar-refractivity contribution is 7.98. The zero-order chi connectivity index (χ0) is 12.8. The molecule has 0 heterocycles. The fourth-order valence-electron chi connectivity index (χ4n) is 1.90. The second-order valence-corrected chi connectivity index (χ2v) is 5.31. The number of rotatable bonds is 6. The van der Waals surface area contributed by atoms with Gasteiger partial charge in [0.2, 0.25) is 0 Å². The molecular formula is C14H23NOS. The quantitative estimate of drug-likeness (QED) is 0.841. The molecule has 0 bridgehead atoms. The third-order valence-corrected chi connectivity index (χ3v) is 3.95. The van der Waals surface area contributed by atoms with Crippen molar-refractivity contribution in [3.8, 4) is 0 Å². The molecule has 0 aromatic heterocycles. The van der Waals surface area contributed by atoms with E-state index in [-0.39, 0.29) is 6.10 Å². The highest BCUT2D eigenvalue weighted by atomic mass is 32.2. The number of hydrogen-bond acceptors (Lipinski definition) is 3. The molecule has 96 valence electrons. The first kappa shape index (κ1) is 14.4. The maximum atomic E-state index is 10.0. The van der Waals surface area contributed by atoms with Crippen LogP contribution in [-0.2, 0) is 0 Å². The van der Waals surface area contributed by atoms with Crippen LogP contribution in [0.15, 0.2) is 24.3 Å². The fraction of sp³-hybridized carbons (Fsp3) is 0.571. The van der Waals surface area contributed by atoms with Gasteiger partial charge in [-0.25, -0.2) is 0 Å². The molecule has 3 heteroatoms. The van der Waals surface area contributed by atoms with Crippen molar-refractivity contribution in [2.75, 3.05) is 24.0 Å². The maximum Gasteiger partial charge on any atom is 0.0807 e. The van der Waals surface area contributed by atoms with E-state index in [1.54, 1.807) is 0 Å². The van der Waals surface area contributed by atoms with Gasteiger partial charge in [0.15, 0.2) is 0 Å². The Morgan fingerprint density at radius 3 is 2.59 bits per heavy atom. The topological polar surface area (TPSA) is 23.5 Å². The number of benzene rings is 1. The Morgan fingerprint density at radius 2 is 2.00 bits per heavy atom. The van der Waals surface area contributed by atoms with Crippen LogP contribution in [0.4, 0.5) is 5.69 Å². The number of para-hydroxylation sites is 1. The molecule has 17 heavy (non-hydrogen) atoms. The monoisotopic (exact) mass is 253 g/mol. The minimum Gasteiger partial charge on any atom is -0.388 e. The maximum absolute atomic E-state index is 10.0. The molecule has 2 atom stereocenters. The van der Waals surface area contributed by atoms with Crippen LogP contribution in [-0.4, -0.2) is 30.2 Å². The van der Waals surface area contributed by atoms with E-state index in [0.717, 1.165) is 23.4 Å². The number of aliphatic hydroxyl groups excluding tert-OH is 1. The predicted octanol–water partition coefficient (Wildman–Crippen LogP) is 3.32. The van der Waals surface area contributed by atoms with Crippen LogP contribution < -0.4 is 4.90 Å². The van der Waals surface area contributed by atoms with Gasteiger partial charge in [0.05, 0.1) is 6.10 Å². The van der Waals surface area contributed by atoms with Crippen molar-refractivity contribution in [2.24, 2.45) is 0 Å². The molecular weight excluding hydrogens is 230 g/mol. The molecule has 0 saturated heterocycles. The Balaban J connectivity index is 2.96. The summed E-state index contributed by atoms with van der Waals surface area (Å²) in [4.78, 5) is 2.25. The zero-order valence-corrected chi connectivity index (χ0v) is 12.0.